The minimum absolute atomic E-state index is 0.388. The number of hydrogen-bond acceptors (Lipinski definition) is 4. The van der Waals surface area contributed by atoms with Crippen molar-refractivity contribution in [2.75, 3.05) is 0 Å². The second-order valence-corrected chi connectivity index (χ2v) is 6.25. The lowest BCUT2D eigenvalue weighted by atomic mass is 10.2. The third-order valence-corrected chi connectivity index (χ3v) is 3.77. The molecular weight excluding hydrogens is 348 g/mol. The lowest BCUT2D eigenvalue weighted by Crippen LogP contribution is -2.01. The maximum absolute atomic E-state index is 12.6. The molecule has 0 bridgehead atoms. The predicted molar refractivity (Wildman–Crippen MR) is 58.8 cm³/mol. The zero-order chi connectivity index (χ0) is 13.4. The fourth-order valence-corrected chi connectivity index (χ4v) is 2.64. The summed E-state index contributed by atoms with van der Waals surface area (Å²) in [6.45, 7) is 0. The van der Waals surface area contributed by atoms with Gasteiger partial charge in [0.1, 0.15) is 5.56 Å². The maximum Gasteiger partial charge on any atom is 0.280 e. The SMILES string of the molecule is O=[N+]([O-])c1cc(S(=O)(=O)Cl)cc(Br)c1C(F)F. The molecule has 0 N–H and O–H groups in total. The van der Waals surface area contributed by atoms with E-state index >= 15 is 0 Å². The van der Waals surface area contributed by atoms with Gasteiger partial charge >= 0.3 is 0 Å². The molecule has 17 heavy (non-hydrogen) atoms. The molecule has 0 aliphatic heterocycles. The van der Waals surface area contributed by atoms with E-state index in [1.165, 1.54) is 0 Å². The quantitative estimate of drug-likeness (QED) is 0.476. The summed E-state index contributed by atoms with van der Waals surface area (Å²) in [5.41, 5.74) is -1.90. The monoisotopic (exact) mass is 349 g/mol. The Labute approximate surface area is 107 Å². The number of nitro benzene ring substituents is 1. The van der Waals surface area contributed by atoms with E-state index in [0.29, 0.717) is 6.07 Å². The van der Waals surface area contributed by atoms with E-state index in [9.17, 15) is 27.3 Å². The molecule has 0 saturated carbocycles. The van der Waals surface area contributed by atoms with Crippen LogP contribution in [0.25, 0.3) is 0 Å². The van der Waals surface area contributed by atoms with Gasteiger partial charge in [-0.3, -0.25) is 10.1 Å². The van der Waals surface area contributed by atoms with Crippen LogP contribution >= 0.6 is 26.6 Å². The van der Waals surface area contributed by atoms with E-state index in [2.05, 4.69) is 15.9 Å². The molecule has 0 spiro atoms. The molecule has 0 saturated heterocycles. The highest BCUT2D eigenvalue weighted by Gasteiger charge is 2.28. The number of halogens is 4. The standard InChI is InChI=1S/C7H3BrClF2NO4S/c8-4-1-3(17(9,15)16)2-5(12(13)14)6(4)7(10)11/h1-2,7H. The lowest BCUT2D eigenvalue weighted by molar-refractivity contribution is -0.386. The molecule has 1 rings (SSSR count). The van der Waals surface area contributed by atoms with Gasteiger partial charge in [0.15, 0.2) is 0 Å². The smallest absolute Gasteiger partial charge is 0.258 e. The third kappa shape index (κ3) is 3.11. The molecule has 0 atom stereocenters. The molecule has 0 amide bonds. The minimum atomic E-state index is -4.23. The number of nitro groups is 1. The number of benzene rings is 1. The van der Waals surface area contributed by atoms with Crippen LogP contribution in [-0.4, -0.2) is 13.3 Å². The van der Waals surface area contributed by atoms with Crippen LogP contribution in [0.1, 0.15) is 12.0 Å². The molecule has 5 nitrogen and oxygen atoms in total. The first-order valence-electron chi connectivity index (χ1n) is 3.85. The van der Waals surface area contributed by atoms with Gasteiger partial charge in [-0.1, -0.05) is 15.9 Å². The zero-order valence-corrected chi connectivity index (χ0v) is 10.9. The second kappa shape index (κ2) is 4.83. The van der Waals surface area contributed by atoms with Crippen molar-refractivity contribution in [1.82, 2.24) is 0 Å². The molecule has 10 heteroatoms. The minimum Gasteiger partial charge on any atom is -0.258 e. The molecule has 1 aromatic carbocycles. The maximum atomic E-state index is 12.6. The average Bonchev–Trinajstić information content (AvgIpc) is 2.13. The van der Waals surface area contributed by atoms with Crippen LogP contribution in [0.3, 0.4) is 0 Å². The molecule has 0 radical (unpaired) electrons. The Kier molecular flexibility index (Phi) is 4.05. The highest BCUT2D eigenvalue weighted by Crippen LogP contribution is 2.37. The Morgan fingerprint density at radius 3 is 2.29 bits per heavy atom. The van der Waals surface area contributed by atoms with E-state index < -0.39 is 36.5 Å². The van der Waals surface area contributed by atoms with E-state index in [-0.39, 0.29) is 4.47 Å². The average molecular weight is 351 g/mol. The highest BCUT2D eigenvalue weighted by atomic mass is 79.9. The van der Waals surface area contributed by atoms with Crippen molar-refractivity contribution >= 4 is 41.4 Å². The van der Waals surface area contributed by atoms with Crippen LogP contribution in [0.4, 0.5) is 14.5 Å². The Bertz CT molecular complexity index is 577. The molecule has 0 unspecified atom stereocenters. The first-order valence-corrected chi connectivity index (χ1v) is 6.95. The summed E-state index contributed by atoms with van der Waals surface area (Å²) >= 11 is 2.65. The van der Waals surface area contributed by atoms with Crippen LogP contribution in [0, 0.1) is 10.1 Å². The zero-order valence-electron chi connectivity index (χ0n) is 7.73. The summed E-state index contributed by atoms with van der Waals surface area (Å²) in [4.78, 5) is 8.85. The normalized spacial score (nSPS) is 11.8. The van der Waals surface area contributed by atoms with E-state index in [0.717, 1.165) is 6.07 Å². The van der Waals surface area contributed by atoms with Crippen molar-refractivity contribution in [2.45, 2.75) is 11.3 Å². The molecule has 0 aliphatic rings. The van der Waals surface area contributed by atoms with E-state index in [1.54, 1.807) is 0 Å². The van der Waals surface area contributed by atoms with Crippen LogP contribution in [0.2, 0.25) is 0 Å². The van der Waals surface area contributed by atoms with Gasteiger partial charge in [-0.05, 0) is 6.07 Å². The Morgan fingerprint density at radius 1 is 1.41 bits per heavy atom. The van der Waals surface area contributed by atoms with E-state index in [4.69, 9.17) is 10.7 Å². The van der Waals surface area contributed by atoms with Gasteiger partial charge in [0, 0.05) is 21.2 Å². The van der Waals surface area contributed by atoms with Crippen molar-refractivity contribution in [3.63, 3.8) is 0 Å². The molecule has 0 heterocycles. The first kappa shape index (κ1) is 14.3. The Morgan fingerprint density at radius 2 is 1.94 bits per heavy atom. The fourth-order valence-electron chi connectivity index (χ4n) is 1.09. The van der Waals surface area contributed by atoms with Gasteiger partial charge in [0.25, 0.3) is 21.2 Å². The topological polar surface area (TPSA) is 77.3 Å². The molecular formula is C7H3BrClF2NO4S. The predicted octanol–water partition coefficient (Wildman–Crippen LogP) is 3.22. The van der Waals surface area contributed by atoms with Crippen molar-refractivity contribution in [3.05, 3.63) is 32.3 Å². The molecule has 94 valence electrons. The summed E-state index contributed by atoms with van der Waals surface area (Å²) < 4.78 is 46.7. The Balaban J connectivity index is 3.64. The number of hydrogen-bond donors (Lipinski definition) is 0. The Hall–Kier alpha value is -0.800. The molecule has 0 aliphatic carbocycles. The number of rotatable bonds is 3. The van der Waals surface area contributed by atoms with Crippen LogP contribution < -0.4 is 0 Å². The van der Waals surface area contributed by atoms with Gasteiger partial charge < -0.3 is 0 Å². The summed E-state index contributed by atoms with van der Waals surface area (Å²) in [6, 6.07) is 1.28. The van der Waals surface area contributed by atoms with Crippen LogP contribution in [0.15, 0.2) is 21.5 Å². The lowest BCUT2D eigenvalue weighted by Gasteiger charge is -2.06. The van der Waals surface area contributed by atoms with Gasteiger partial charge in [-0.15, -0.1) is 0 Å². The summed E-state index contributed by atoms with van der Waals surface area (Å²) in [5, 5.41) is 10.6. The van der Waals surface area contributed by atoms with Crippen molar-refractivity contribution in [3.8, 4) is 0 Å². The largest absolute Gasteiger partial charge is 0.280 e. The first-order chi connectivity index (χ1) is 7.64. The van der Waals surface area contributed by atoms with Crippen LogP contribution in [0.5, 0.6) is 0 Å². The van der Waals surface area contributed by atoms with Crippen LogP contribution in [-0.2, 0) is 9.05 Å². The van der Waals surface area contributed by atoms with Crippen molar-refractivity contribution in [2.24, 2.45) is 0 Å². The summed E-state index contributed by atoms with van der Waals surface area (Å²) in [5.74, 6) is 0. The number of nitrogens with zero attached hydrogens (tertiary/aromatic N) is 1. The van der Waals surface area contributed by atoms with E-state index in [1.807, 2.05) is 0 Å². The highest BCUT2D eigenvalue weighted by molar-refractivity contribution is 9.10. The van der Waals surface area contributed by atoms with Gasteiger partial charge in [-0.2, -0.15) is 0 Å². The van der Waals surface area contributed by atoms with Gasteiger partial charge in [0.2, 0.25) is 0 Å². The summed E-state index contributed by atoms with van der Waals surface area (Å²) in [6.07, 6.45) is -3.11. The van der Waals surface area contributed by atoms with Gasteiger partial charge in [-0.25, -0.2) is 17.2 Å². The number of alkyl halides is 2. The van der Waals surface area contributed by atoms with Crippen molar-refractivity contribution < 1.29 is 22.1 Å². The second-order valence-electron chi connectivity index (χ2n) is 2.83. The fraction of sp³-hybridized carbons (Fsp3) is 0.143. The molecule has 0 fully saturated rings. The third-order valence-electron chi connectivity index (χ3n) is 1.78. The molecule has 0 aromatic heterocycles. The van der Waals surface area contributed by atoms with Gasteiger partial charge in [0.05, 0.1) is 9.82 Å². The van der Waals surface area contributed by atoms with Crippen molar-refractivity contribution in [1.29, 1.82) is 0 Å². The summed E-state index contributed by atoms with van der Waals surface area (Å²) in [7, 11) is 0.749. The molecule has 1 aromatic rings.